The molecule has 1 aromatic carbocycles. The molecule has 1 fully saturated rings. The molecule has 2 heterocycles. The largest absolute Gasteiger partial charge is 0.383 e. The van der Waals surface area contributed by atoms with E-state index < -0.39 is 11.5 Å². The number of rotatable bonds is 2. The molecule has 2 aliphatic rings. The average molecular weight is 343 g/mol. The summed E-state index contributed by atoms with van der Waals surface area (Å²) in [6, 6.07) is 3.33. The molecule has 2 N–H and O–H groups in total. The zero-order chi connectivity index (χ0) is 16.1. The van der Waals surface area contributed by atoms with Gasteiger partial charge in [-0.15, -0.1) is 0 Å². The van der Waals surface area contributed by atoms with Gasteiger partial charge in [-0.3, -0.25) is 9.59 Å². The fourth-order valence-electron chi connectivity index (χ4n) is 3.20. The van der Waals surface area contributed by atoms with Crippen molar-refractivity contribution in [2.45, 2.75) is 31.3 Å². The van der Waals surface area contributed by atoms with Gasteiger partial charge in [0.15, 0.2) is 0 Å². The van der Waals surface area contributed by atoms with Crippen molar-refractivity contribution in [2.24, 2.45) is 0 Å². The minimum Gasteiger partial charge on any atom is -0.383 e. The van der Waals surface area contributed by atoms with Gasteiger partial charge in [-0.1, -0.05) is 30.1 Å². The maximum atomic E-state index is 12.5. The lowest BCUT2D eigenvalue weighted by Gasteiger charge is -2.24. The maximum Gasteiger partial charge on any atom is 0.251 e. The number of carbonyl (C=O) groups excluding carboxylic acids is 2. The number of carbonyl (C=O) groups is 2. The normalized spacial score (nSPS) is 24.5. The number of anilines is 1. The Morgan fingerprint density at radius 3 is 2.82 bits per heavy atom. The number of benzene rings is 1. The molecule has 3 rings (SSSR count). The first-order chi connectivity index (χ1) is 10.4. The summed E-state index contributed by atoms with van der Waals surface area (Å²) in [5, 5.41) is 13.3. The number of hydrogen-bond acceptors (Lipinski definition) is 3. The Balaban J connectivity index is 1.95. The molecule has 22 heavy (non-hydrogen) atoms. The first-order valence-electron chi connectivity index (χ1n) is 7.17. The zero-order valence-electron chi connectivity index (χ0n) is 12.0. The molecule has 118 valence electrons. The highest BCUT2D eigenvalue weighted by atomic mass is 35.5. The Kier molecular flexibility index (Phi) is 3.83. The Hall–Kier alpha value is -1.30. The van der Waals surface area contributed by atoms with Crippen LogP contribution in [0.25, 0.3) is 0 Å². The third kappa shape index (κ3) is 2.19. The van der Waals surface area contributed by atoms with Gasteiger partial charge in [0.2, 0.25) is 5.91 Å². The van der Waals surface area contributed by atoms with E-state index in [1.807, 2.05) is 0 Å². The van der Waals surface area contributed by atoms with Crippen LogP contribution in [0.4, 0.5) is 5.69 Å². The van der Waals surface area contributed by atoms with E-state index in [-0.39, 0.29) is 18.4 Å². The summed E-state index contributed by atoms with van der Waals surface area (Å²) in [5.74, 6) is -0.484. The second-order valence-electron chi connectivity index (χ2n) is 5.78. The molecular weight excluding hydrogens is 327 g/mol. The molecule has 0 bridgehead atoms. The second kappa shape index (κ2) is 5.41. The summed E-state index contributed by atoms with van der Waals surface area (Å²) in [5.41, 5.74) is 0.616. The van der Waals surface area contributed by atoms with Crippen molar-refractivity contribution < 1.29 is 14.7 Å². The highest BCUT2D eigenvalue weighted by molar-refractivity contribution is 6.42. The molecule has 0 aromatic heterocycles. The number of amides is 2. The molecule has 2 atom stereocenters. The Bertz CT molecular complexity index is 664. The van der Waals surface area contributed by atoms with Crippen molar-refractivity contribution in [1.29, 1.82) is 0 Å². The fourth-order valence-corrected chi connectivity index (χ4v) is 3.53. The standard InChI is InChI=1S/C15H16Cl2N2O3/c1-2-12(20)13(21)19-4-3-15(7-19)8-5-9(16)10(17)6-11(8)18-14(15)22/h5-6,12,20H,2-4,7H2,1H3,(H,18,22)/t12-,15+/m0/s1. The predicted octanol–water partition coefficient (Wildman–Crippen LogP) is 2.19. The van der Waals surface area contributed by atoms with Crippen LogP contribution in [0.2, 0.25) is 10.0 Å². The summed E-state index contributed by atoms with van der Waals surface area (Å²) >= 11 is 12.1. The van der Waals surface area contributed by atoms with E-state index in [4.69, 9.17) is 23.2 Å². The lowest BCUT2D eigenvalue weighted by Crippen LogP contribution is -2.42. The quantitative estimate of drug-likeness (QED) is 0.865. The van der Waals surface area contributed by atoms with Gasteiger partial charge in [-0.25, -0.2) is 0 Å². The van der Waals surface area contributed by atoms with Crippen molar-refractivity contribution in [1.82, 2.24) is 4.90 Å². The molecule has 1 saturated heterocycles. The van der Waals surface area contributed by atoms with Crippen LogP contribution in [0.1, 0.15) is 25.3 Å². The first kappa shape index (κ1) is 15.6. The van der Waals surface area contributed by atoms with Crippen LogP contribution in [-0.2, 0) is 15.0 Å². The van der Waals surface area contributed by atoms with Gasteiger partial charge in [0.1, 0.15) is 6.10 Å². The van der Waals surface area contributed by atoms with E-state index in [0.29, 0.717) is 35.1 Å². The monoisotopic (exact) mass is 342 g/mol. The molecule has 5 nitrogen and oxygen atoms in total. The third-order valence-electron chi connectivity index (χ3n) is 4.51. The molecule has 0 aliphatic carbocycles. The molecule has 1 spiro atoms. The highest BCUT2D eigenvalue weighted by Gasteiger charge is 2.52. The maximum absolute atomic E-state index is 12.5. The van der Waals surface area contributed by atoms with E-state index in [9.17, 15) is 14.7 Å². The molecular formula is C15H16Cl2N2O3. The van der Waals surface area contributed by atoms with E-state index >= 15 is 0 Å². The van der Waals surface area contributed by atoms with Gasteiger partial charge in [0.05, 0.1) is 15.5 Å². The molecule has 2 aliphatic heterocycles. The SMILES string of the molecule is CC[C@H](O)C(=O)N1CC[C@]2(C1)C(=O)Nc1cc(Cl)c(Cl)cc12. The van der Waals surface area contributed by atoms with Gasteiger partial charge in [0, 0.05) is 18.8 Å². The van der Waals surface area contributed by atoms with Crippen LogP contribution < -0.4 is 5.32 Å². The number of nitrogens with one attached hydrogen (secondary N) is 1. The van der Waals surface area contributed by atoms with Crippen LogP contribution in [0.5, 0.6) is 0 Å². The topological polar surface area (TPSA) is 69.6 Å². The van der Waals surface area contributed by atoms with Crippen LogP contribution >= 0.6 is 23.2 Å². The molecule has 1 aromatic rings. The first-order valence-corrected chi connectivity index (χ1v) is 7.92. The van der Waals surface area contributed by atoms with E-state index in [1.54, 1.807) is 24.0 Å². The summed E-state index contributed by atoms with van der Waals surface area (Å²) in [6.07, 6.45) is -0.161. The van der Waals surface area contributed by atoms with Gasteiger partial charge in [-0.2, -0.15) is 0 Å². The number of hydrogen-bond donors (Lipinski definition) is 2. The van der Waals surface area contributed by atoms with E-state index in [2.05, 4.69) is 5.32 Å². The van der Waals surface area contributed by atoms with Gasteiger partial charge < -0.3 is 15.3 Å². The molecule has 2 amide bonds. The summed E-state index contributed by atoms with van der Waals surface area (Å²) in [6.45, 7) is 2.43. The number of aliphatic hydroxyl groups excluding tert-OH is 1. The van der Waals surface area contributed by atoms with Crippen molar-refractivity contribution in [2.75, 3.05) is 18.4 Å². The zero-order valence-corrected chi connectivity index (χ0v) is 13.5. The smallest absolute Gasteiger partial charge is 0.251 e. The molecule has 7 heteroatoms. The van der Waals surface area contributed by atoms with Crippen molar-refractivity contribution in [3.63, 3.8) is 0 Å². The number of nitrogens with zero attached hydrogens (tertiary/aromatic N) is 1. The summed E-state index contributed by atoms with van der Waals surface area (Å²) in [4.78, 5) is 26.2. The summed E-state index contributed by atoms with van der Waals surface area (Å²) in [7, 11) is 0. The third-order valence-corrected chi connectivity index (χ3v) is 5.23. The van der Waals surface area contributed by atoms with Crippen LogP contribution in [-0.4, -0.2) is 41.0 Å². The van der Waals surface area contributed by atoms with Crippen LogP contribution in [0.15, 0.2) is 12.1 Å². The Morgan fingerprint density at radius 2 is 2.14 bits per heavy atom. The molecule has 0 saturated carbocycles. The highest BCUT2D eigenvalue weighted by Crippen LogP contribution is 2.46. The minimum atomic E-state index is -1.02. The molecule has 0 radical (unpaired) electrons. The van der Waals surface area contributed by atoms with Crippen molar-refractivity contribution >= 4 is 40.7 Å². The molecule has 0 unspecified atom stereocenters. The van der Waals surface area contributed by atoms with E-state index in [1.165, 1.54) is 0 Å². The lowest BCUT2D eigenvalue weighted by atomic mass is 9.81. The second-order valence-corrected chi connectivity index (χ2v) is 6.60. The van der Waals surface area contributed by atoms with Gasteiger partial charge >= 0.3 is 0 Å². The number of aliphatic hydroxyl groups is 1. The van der Waals surface area contributed by atoms with Crippen molar-refractivity contribution in [3.05, 3.63) is 27.7 Å². The predicted molar refractivity (Wildman–Crippen MR) is 84.3 cm³/mol. The Morgan fingerprint density at radius 1 is 1.45 bits per heavy atom. The number of fused-ring (bicyclic) bond motifs is 2. The van der Waals surface area contributed by atoms with E-state index in [0.717, 1.165) is 5.56 Å². The minimum absolute atomic E-state index is 0.151. The van der Waals surface area contributed by atoms with Crippen LogP contribution in [0, 0.1) is 0 Å². The summed E-state index contributed by atoms with van der Waals surface area (Å²) < 4.78 is 0. The number of halogens is 2. The lowest BCUT2D eigenvalue weighted by molar-refractivity contribution is -0.139. The fraction of sp³-hybridized carbons (Fsp3) is 0.467. The Labute approximate surface area is 138 Å². The number of likely N-dealkylation sites (tertiary alicyclic amines) is 1. The average Bonchev–Trinajstić information content (AvgIpc) is 3.04. The van der Waals surface area contributed by atoms with Gasteiger partial charge in [0.25, 0.3) is 5.91 Å². The van der Waals surface area contributed by atoms with Gasteiger partial charge in [-0.05, 0) is 30.5 Å². The van der Waals surface area contributed by atoms with Crippen LogP contribution in [0.3, 0.4) is 0 Å². The van der Waals surface area contributed by atoms with Crippen molar-refractivity contribution in [3.8, 4) is 0 Å².